The number of hydrogen-bond donors (Lipinski definition) is 14. The predicted molar refractivity (Wildman–Crippen MR) is 242 cm³/mol. The number of aliphatic carboxylic acids is 2. The Morgan fingerprint density at radius 2 is 1.17 bits per heavy atom. The van der Waals surface area contributed by atoms with Gasteiger partial charge in [0.05, 0.1) is 31.7 Å². The Hall–Kier alpha value is -7.71. The van der Waals surface area contributed by atoms with Crippen molar-refractivity contribution in [2.75, 3.05) is 26.2 Å². The van der Waals surface area contributed by atoms with Crippen LogP contribution in [0.25, 0.3) is 0 Å². The molecule has 382 valence electrons. The van der Waals surface area contributed by atoms with Crippen LogP contribution in [-0.4, -0.2) is 176 Å². The maximum atomic E-state index is 13.8. The molecule has 1 aliphatic rings. The summed E-state index contributed by atoms with van der Waals surface area (Å²) in [5, 5.41) is 67.4. The Balaban J connectivity index is 1.63. The van der Waals surface area contributed by atoms with Gasteiger partial charge in [-0.1, -0.05) is 42.5 Å². The molecule has 1 aliphatic heterocycles. The SMILES string of the molecule is C[C@H](NC(=O)[C@@H]1CCCN1C(=O)[C@H](CC(=O)O)NC(=O)[C@H](Cc1ccc(O)cc1)NC(=O)CN)C(=O)N[C@H](C(=O)NCC(=O)N[C@H](C(=O)N[C@@H](Cc1ccccc1)C(=O)NCC(=O)O)[C@@H](C)O)[C@@H](C)O. The topological polar surface area (TPSA) is 414 Å². The van der Waals surface area contributed by atoms with Crippen molar-refractivity contribution in [3.63, 3.8) is 0 Å². The molecule has 0 spiro atoms. The number of nitrogens with two attached hydrogens (primary N) is 1. The second-order valence-corrected chi connectivity index (χ2v) is 16.4. The van der Waals surface area contributed by atoms with Crippen molar-refractivity contribution in [1.29, 1.82) is 0 Å². The number of hydrogen-bond acceptors (Lipinski definition) is 15. The molecule has 0 unspecified atom stereocenters. The number of amides is 9. The van der Waals surface area contributed by atoms with Gasteiger partial charge in [-0.05, 0) is 56.9 Å². The summed E-state index contributed by atoms with van der Waals surface area (Å²) in [7, 11) is 0. The molecule has 2 aromatic carbocycles. The van der Waals surface area contributed by atoms with E-state index >= 15 is 0 Å². The van der Waals surface area contributed by atoms with Crippen LogP contribution in [0.15, 0.2) is 54.6 Å². The van der Waals surface area contributed by atoms with Gasteiger partial charge in [0.25, 0.3) is 0 Å². The number of nitrogens with one attached hydrogen (secondary N) is 8. The molecule has 1 saturated heterocycles. The summed E-state index contributed by atoms with van der Waals surface area (Å²) in [6, 6.07) is 3.49. The summed E-state index contributed by atoms with van der Waals surface area (Å²) in [6.07, 6.45) is -3.98. The number of aliphatic hydroxyl groups excluding tert-OH is 2. The van der Waals surface area contributed by atoms with E-state index in [4.69, 9.17) is 10.8 Å². The minimum absolute atomic E-state index is 0.0502. The number of likely N-dealkylation sites (tertiary alicyclic amines) is 1. The molecule has 26 heteroatoms. The van der Waals surface area contributed by atoms with Crippen LogP contribution in [0.1, 0.15) is 51.2 Å². The molecule has 70 heavy (non-hydrogen) atoms. The normalized spacial score (nSPS) is 16.5. The van der Waals surface area contributed by atoms with E-state index in [-0.39, 0.29) is 38.0 Å². The van der Waals surface area contributed by atoms with Crippen molar-refractivity contribution < 1.29 is 78.3 Å². The molecule has 15 N–H and O–H groups in total. The van der Waals surface area contributed by atoms with Crippen LogP contribution in [0.3, 0.4) is 0 Å². The molecule has 2 aromatic rings. The molecule has 0 aromatic heterocycles. The molecule has 0 radical (unpaired) electrons. The monoisotopic (exact) mass is 984 g/mol. The van der Waals surface area contributed by atoms with Crippen molar-refractivity contribution in [2.45, 2.75) is 107 Å². The van der Waals surface area contributed by atoms with Gasteiger partial charge in [0, 0.05) is 19.4 Å². The second kappa shape index (κ2) is 27.3. The van der Waals surface area contributed by atoms with E-state index in [0.717, 1.165) is 18.7 Å². The van der Waals surface area contributed by atoms with Gasteiger partial charge in [0.15, 0.2) is 0 Å². The van der Waals surface area contributed by atoms with E-state index in [1.165, 1.54) is 31.2 Å². The van der Waals surface area contributed by atoms with Gasteiger partial charge in [0.1, 0.15) is 54.6 Å². The number of aromatic hydroxyl groups is 1. The molecule has 0 saturated carbocycles. The smallest absolute Gasteiger partial charge is 0.322 e. The lowest BCUT2D eigenvalue weighted by Gasteiger charge is -2.30. The molecule has 0 bridgehead atoms. The molecule has 1 heterocycles. The zero-order valence-electron chi connectivity index (χ0n) is 38.5. The average Bonchev–Trinajstić information content (AvgIpc) is 3.81. The maximum Gasteiger partial charge on any atom is 0.322 e. The number of phenolic OH excluding ortho intramolecular Hbond substituents is 1. The summed E-state index contributed by atoms with van der Waals surface area (Å²) in [5.74, 6) is -11.4. The first kappa shape index (κ1) is 56.6. The molecule has 9 atom stereocenters. The zero-order valence-corrected chi connectivity index (χ0v) is 38.5. The first-order valence-electron chi connectivity index (χ1n) is 22.0. The lowest BCUT2D eigenvalue weighted by atomic mass is 10.0. The van der Waals surface area contributed by atoms with Crippen LogP contribution in [0, 0.1) is 0 Å². The highest BCUT2D eigenvalue weighted by atomic mass is 16.4. The first-order valence-corrected chi connectivity index (χ1v) is 22.0. The fourth-order valence-corrected chi connectivity index (χ4v) is 7.05. The Morgan fingerprint density at radius 1 is 0.614 bits per heavy atom. The van der Waals surface area contributed by atoms with Crippen molar-refractivity contribution in [3.05, 3.63) is 65.7 Å². The highest BCUT2D eigenvalue weighted by Gasteiger charge is 2.40. The minimum Gasteiger partial charge on any atom is -0.508 e. The number of nitrogens with zero attached hydrogens (tertiary/aromatic N) is 1. The minimum atomic E-state index is -1.73. The molecule has 3 rings (SSSR count). The molecule has 26 nitrogen and oxygen atoms in total. The molecule has 1 fully saturated rings. The van der Waals surface area contributed by atoms with Crippen LogP contribution in [0.2, 0.25) is 0 Å². The second-order valence-electron chi connectivity index (χ2n) is 16.4. The van der Waals surface area contributed by atoms with Crippen molar-refractivity contribution in [3.8, 4) is 5.75 Å². The number of phenols is 1. The number of benzene rings is 2. The average molecular weight is 985 g/mol. The van der Waals surface area contributed by atoms with Gasteiger partial charge in [0.2, 0.25) is 53.2 Å². The van der Waals surface area contributed by atoms with Gasteiger partial charge in [-0.2, -0.15) is 0 Å². The van der Waals surface area contributed by atoms with Crippen molar-refractivity contribution in [2.24, 2.45) is 5.73 Å². The third-order valence-electron chi connectivity index (χ3n) is 10.7. The summed E-state index contributed by atoms with van der Waals surface area (Å²) < 4.78 is 0. The lowest BCUT2D eigenvalue weighted by molar-refractivity contribution is -0.146. The zero-order chi connectivity index (χ0) is 52.2. The number of carboxylic acid groups (broad SMARTS) is 2. The van der Waals surface area contributed by atoms with Crippen molar-refractivity contribution in [1.82, 2.24) is 47.4 Å². The number of aliphatic hydroxyl groups is 2. The van der Waals surface area contributed by atoms with Gasteiger partial charge in [-0.3, -0.25) is 52.7 Å². The Labute approximate surface area is 400 Å². The molecule has 9 amide bonds. The lowest BCUT2D eigenvalue weighted by Crippen LogP contribution is -2.60. The number of rotatable bonds is 26. The fourth-order valence-electron chi connectivity index (χ4n) is 7.05. The Bertz CT molecular complexity index is 2210. The van der Waals surface area contributed by atoms with Crippen LogP contribution < -0.4 is 48.3 Å². The molecular formula is C44H60N10O16. The number of carbonyl (C=O) groups is 11. The summed E-state index contributed by atoms with van der Waals surface area (Å²) in [6.45, 7) is 1.35. The van der Waals surface area contributed by atoms with Gasteiger partial charge < -0.3 is 78.7 Å². The maximum absolute atomic E-state index is 13.8. The quantitative estimate of drug-likeness (QED) is 0.0418. The third kappa shape index (κ3) is 18.1. The number of carboxylic acids is 2. The van der Waals surface area contributed by atoms with E-state index in [2.05, 4.69) is 42.5 Å². The van der Waals surface area contributed by atoms with Gasteiger partial charge in [-0.25, -0.2) is 0 Å². The first-order chi connectivity index (χ1) is 33.0. The Morgan fingerprint density at radius 3 is 1.74 bits per heavy atom. The van der Waals surface area contributed by atoms with E-state index in [1.54, 1.807) is 30.3 Å². The van der Waals surface area contributed by atoms with Gasteiger partial charge in [-0.15, -0.1) is 0 Å². The highest BCUT2D eigenvalue weighted by Crippen LogP contribution is 2.20. The Kier molecular flexibility index (Phi) is 22.1. The summed E-state index contributed by atoms with van der Waals surface area (Å²) in [5.41, 5.74) is 6.48. The van der Waals surface area contributed by atoms with Crippen LogP contribution in [0.5, 0.6) is 5.75 Å². The van der Waals surface area contributed by atoms with E-state index in [1.807, 2.05) is 0 Å². The summed E-state index contributed by atoms with van der Waals surface area (Å²) >= 11 is 0. The predicted octanol–water partition coefficient (Wildman–Crippen LogP) is -5.39. The fraction of sp³-hybridized carbons (Fsp3) is 0.477. The summed E-state index contributed by atoms with van der Waals surface area (Å²) in [4.78, 5) is 142. The number of carbonyl (C=O) groups excluding carboxylic acids is 9. The van der Waals surface area contributed by atoms with E-state index in [0.29, 0.717) is 11.1 Å². The highest BCUT2D eigenvalue weighted by molar-refractivity contribution is 5.99. The van der Waals surface area contributed by atoms with E-state index < -0.39 is 146 Å². The molecular weight excluding hydrogens is 925 g/mol. The standard InChI is InChI=1S/C44H60N10O16/c1-22(48-41(67)31-10-7-15-54(31)44(70)30(18-34(60)61)51-40(66)29(49-32(58)19-45)17-26-11-13-27(57)14-12-26)38(64)53-36(23(2)55)42(68)46-20-33(59)52-37(24(3)56)43(69)50-28(39(65)47-21-35(62)63)16-25-8-5-4-6-9-25/h4-6,8-9,11-14,22-24,28-31,36-37,55-57H,7,10,15-21,45H2,1-3H3,(H,46,68)(H,47,65)(H,48,67)(H,49,58)(H,50,69)(H,51,66)(H,52,59)(H,53,64)(H,60,61)(H,62,63)/t22-,23+,24+,28-,29-,30-,31-,36-,37-/m0/s1. The van der Waals surface area contributed by atoms with Crippen LogP contribution in [-0.2, 0) is 65.6 Å². The van der Waals surface area contributed by atoms with Crippen molar-refractivity contribution >= 4 is 65.1 Å². The largest absolute Gasteiger partial charge is 0.508 e. The van der Waals surface area contributed by atoms with Crippen LogP contribution >= 0.6 is 0 Å². The van der Waals surface area contributed by atoms with E-state index in [9.17, 15) is 73.2 Å². The third-order valence-corrected chi connectivity index (χ3v) is 10.7. The molecule has 0 aliphatic carbocycles. The van der Waals surface area contributed by atoms with Gasteiger partial charge >= 0.3 is 11.9 Å². The van der Waals surface area contributed by atoms with Crippen LogP contribution in [0.4, 0.5) is 0 Å².